The highest BCUT2D eigenvalue weighted by atomic mass is 35.5. The molecule has 17 heavy (non-hydrogen) atoms. The molecule has 0 spiro atoms. The predicted molar refractivity (Wildman–Crippen MR) is 57.4 cm³/mol. The third-order valence-electron chi connectivity index (χ3n) is 2.04. The van der Waals surface area contributed by atoms with Crippen LogP contribution < -0.4 is 0 Å². The third kappa shape index (κ3) is 2.21. The molecular formula is C10H3Cl2F3N2. The van der Waals surface area contributed by atoms with Gasteiger partial charge < -0.3 is 0 Å². The molecule has 0 amide bonds. The summed E-state index contributed by atoms with van der Waals surface area (Å²) in [6.45, 7) is 0. The van der Waals surface area contributed by atoms with E-state index in [0.717, 1.165) is 12.1 Å². The van der Waals surface area contributed by atoms with Gasteiger partial charge in [-0.3, -0.25) is 0 Å². The molecular weight excluding hydrogens is 276 g/mol. The molecule has 0 aliphatic rings. The van der Waals surface area contributed by atoms with Gasteiger partial charge in [0.25, 0.3) is 0 Å². The average Bonchev–Trinajstić information content (AvgIpc) is 2.30. The van der Waals surface area contributed by atoms with E-state index in [1.165, 1.54) is 6.07 Å². The summed E-state index contributed by atoms with van der Waals surface area (Å²) in [5, 5.41) is 6.69. The van der Waals surface area contributed by atoms with Gasteiger partial charge in [0.15, 0.2) is 27.8 Å². The van der Waals surface area contributed by atoms with E-state index in [1.807, 2.05) is 0 Å². The summed E-state index contributed by atoms with van der Waals surface area (Å²) in [6.07, 6.45) is 0. The van der Waals surface area contributed by atoms with Gasteiger partial charge in [-0.15, -0.1) is 10.2 Å². The normalized spacial score (nSPS) is 10.6. The van der Waals surface area contributed by atoms with E-state index in [0.29, 0.717) is 0 Å². The topological polar surface area (TPSA) is 25.8 Å². The zero-order chi connectivity index (χ0) is 12.6. The summed E-state index contributed by atoms with van der Waals surface area (Å²) in [5.74, 6) is -4.21. The molecule has 0 aliphatic heterocycles. The second-order valence-electron chi connectivity index (χ2n) is 3.09. The molecule has 2 rings (SSSR count). The summed E-state index contributed by atoms with van der Waals surface area (Å²) in [5.41, 5.74) is -0.186. The maximum absolute atomic E-state index is 13.5. The monoisotopic (exact) mass is 278 g/mol. The van der Waals surface area contributed by atoms with Crippen LogP contribution in [0.15, 0.2) is 18.2 Å². The first-order chi connectivity index (χ1) is 8.00. The Morgan fingerprint density at radius 2 is 1.59 bits per heavy atom. The molecule has 0 unspecified atom stereocenters. The van der Waals surface area contributed by atoms with Gasteiger partial charge in [0, 0.05) is 11.1 Å². The van der Waals surface area contributed by atoms with Crippen LogP contribution >= 0.6 is 23.2 Å². The molecule has 1 aromatic carbocycles. The summed E-state index contributed by atoms with van der Waals surface area (Å²) in [4.78, 5) is 0. The predicted octanol–water partition coefficient (Wildman–Crippen LogP) is 3.87. The van der Waals surface area contributed by atoms with E-state index in [1.54, 1.807) is 0 Å². The number of halogens is 5. The minimum atomic E-state index is -1.58. The van der Waals surface area contributed by atoms with Crippen LogP contribution in [0.4, 0.5) is 13.2 Å². The van der Waals surface area contributed by atoms with Gasteiger partial charge in [-0.2, -0.15) is 0 Å². The van der Waals surface area contributed by atoms with Crippen LogP contribution in [0.2, 0.25) is 10.3 Å². The van der Waals surface area contributed by atoms with E-state index in [-0.39, 0.29) is 21.4 Å². The van der Waals surface area contributed by atoms with Crippen LogP contribution in [0.1, 0.15) is 0 Å². The van der Waals surface area contributed by atoms with Gasteiger partial charge in [0.2, 0.25) is 0 Å². The van der Waals surface area contributed by atoms with Gasteiger partial charge in [0.05, 0.1) is 0 Å². The van der Waals surface area contributed by atoms with Crippen molar-refractivity contribution in [1.82, 2.24) is 10.2 Å². The van der Waals surface area contributed by atoms with Gasteiger partial charge in [0.1, 0.15) is 0 Å². The van der Waals surface area contributed by atoms with Crippen LogP contribution in [0, 0.1) is 17.5 Å². The first-order valence-electron chi connectivity index (χ1n) is 4.33. The standard InChI is InChI=1S/C10H3Cl2F3N2/c11-7-3-5(10(12)17-16-7)4-1-2-6(13)9(15)8(4)14/h1-3H. The lowest BCUT2D eigenvalue weighted by Crippen LogP contribution is -1.96. The molecule has 0 fully saturated rings. The van der Waals surface area contributed by atoms with Crippen molar-refractivity contribution in [2.24, 2.45) is 0 Å². The van der Waals surface area contributed by atoms with Crippen LogP contribution in [-0.4, -0.2) is 10.2 Å². The average molecular weight is 279 g/mol. The van der Waals surface area contributed by atoms with E-state index >= 15 is 0 Å². The highest BCUT2D eigenvalue weighted by molar-refractivity contribution is 6.33. The number of rotatable bonds is 1. The van der Waals surface area contributed by atoms with Crippen LogP contribution in [0.25, 0.3) is 11.1 Å². The van der Waals surface area contributed by atoms with Gasteiger partial charge in [-0.25, -0.2) is 13.2 Å². The quantitative estimate of drug-likeness (QED) is 0.740. The molecule has 1 heterocycles. The van der Waals surface area contributed by atoms with Crippen molar-refractivity contribution >= 4 is 23.2 Å². The van der Waals surface area contributed by atoms with Crippen molar-refractivity contribution < 1.29 is 13.2 Å². The van der Waals surface area contributed by atoms with Crippen molar-refractivity contribution in [2.75, 3.05) is 0 Å². The van der Waals surface area contributed by atoms with E-state index in [2.05, 4.69) is 10.2 Å². The van der Waals surface area contributed by atoms with E-state index in [4.69, 9.17) is 23.2 Å². The molecule has 0 saturated carbocycles. The van der Waals surface area contributed by atoms with Crippen molar-refractivity contribution in [3.63, 3.8) is 0 Å². The Balaban J connectivity index is 2.69. The molecule has 1 aromatic heterocycles. The minimum absolute atomic E-state index is 0.0338. The van der Waals surface area contributed by atoms with Gasteiger partial charge >= 0.3 is 0 Å². The van der Waals surface area contributed by atoms with Gasteiger partial charge in [-0.05, 0) is 18.2 Å². The summed E-state index contributed by atoms with van der Waals surface area (Å²) in [7, 11) is 0. The smallest absolute Gasteiger partial charge is 0.195 e. The van der Waals surface area contributed by atoms with Crippen LogP contribution in [-0.2, 0) is 0 Å². The Morgan fingerprint density at radius 3 is 2.29 bits per heavy atom. The molecule has 0 saturated heterocycles. The second-order valence-corrected chi connectivity index (χ2v) is 3.84. The molecule has 88 valence electrons. The fourth-order valence-corrected chi connectivity index (χ4v) is 1.62. The molecule has 2 nitrogen and oxygen atoms in total. The summed E-state index contributed by atoms with van der Waals surface area (Å²) >= 11 is 11.2. The Hall–Kier alpha value is -1.33. The zero-order valence-corrected chi connectivity index (χ0v) is 9.53. The first kappa shape index (κ1) is 12.1. The summed E-state index contributed by atoms with van der Waals surface area (Å²) in [6, 6.07) is 3.05. The Bertz CT molecular complexity index is 590. The Labute approximate surface area is 104 Å². The number of benzene rings is 1. The van der Waals surface area contributed by atoms with E-state index < -0.39 is 17.5 Å². The molecule has 0 bridgehead atoms. The molecule has 0 radical (unpaired) electrons. The van der Waals surface area contributed by atoms with Gasteiger partial charge in [-0.1, -0.05) is 23.2 Å². The lowest BCUT2D eigenvalue weighted by Gasteiger charge is -2.06. The lowest BCUT2D eigenvalue weighted by atomic mass is 10.1. The van der Waals surface area contributed by atoms with Crippen molar-refractivity contribution in [3.05, 3.63) is 46.0 Å². The first-order valence-corrected chi connectivity index (χ1v) is 5.09. The Kier molecular flexibility index (Phi) is 3.22. The molecule has 2 aromatic rings. The maximum Gasteiger partial charge on any atom is 0.195 e. The highest BCUT2D eigenvalue weighted by Gasteiger charge is 2.17. The largest absolute Gasteiger partial charge is 0.204 e. The minimum Gasteiger partial charge on any atom is -0.204 e. The van der Waals surface area contributed by atoms with E-state index in [9.17, 15) is 13.2 Å². The number of hydrogen-bond acceptors (Lipinski definition) is 2. The van der Waals surface area contributed by atoms with Crippen molar-refractivity contribution in [1.29, 1.82) is 0 Å². The highest BCUT2D eigenvalue weighted by Crippen LogP contribution is 2.31. The SMILES string of the molecule is Fc1ccc(-c2cc(Cl)nnc2Cl)c(F)c1F. The third-order valence-corrected chi connectivity index (χ3v) is 2.51. The van der Waals surface area contributed by atoms with Crippen molar-refractivity contribution in [3.8, 4) is 11.1 Å². The van der Waals surface area contributed by atoms with Crippen LogP contribution in [0.3, 0.4) is 0 Å². The molecule has 0 N–H and O–H groups in total. The Morgan fingerprint density at radius 1 is 0.882 bits per heavy atom. The molecule has 0 aliphatic carbocycles. The second kappa shape index (κ2) is 4.50. The number of nitrogens with zero attached hydrogens (tertiary/aromatic N) is 2. The number of aromatic nitrogens is 2. The zero-order valence-electron chi connectivity index (χ0n) is 8.02. The fourth-order valence-electron chi connectivity index (χ4n) is 1.28. The van der Waals surface area contributed by atoms with Crippen molar-refractivity contribution in [2.45, 2.75) is 0 Å². The maximum atomic E-state index is 13.5. The molecule has 7 heteroatoms. The summed E-state index contributed by atoms with van der Waals surface area (Å²) < 4.78 is 39.3. The number of hydrogen-bond donors (Lipinski definition) is 0. The lowest BCUT2D eigenvalue weighted by molar-refractivity contribution is 0.449. The molecule has 0 atom stereocenters. The van der Waals surface area contributed by atoms with Crippen LogP contribution in [0.5, 0.6) is 0 Å². The fraction of sp³-hybridized carbons (Fsp3) is 0.